The smallest absolute Gasteiger partial charge is 0.316 e. The first-order valence-corrected chi connectivity index (χ1v) is 6.02. The van der Waals surface area contributed by atoms with E-state index in [1.54, 1.807) is 6.92 Å². The zero-order chi connectivity index (χ0) is 13.8. The van der Waals surface area contributed by atoms with Gasteiger partial charge in [0.15, 0.2) is 0 Å². The van der Waals surface area contributed by atoms with Crippen LogP contribution in [0.3, 0.4) is 0 Å². The molecule has 1 heterocycles. The van der Waals surface area contributed by atoms with Crippen molar-refractivity contribution in [3.8, 4) is 0 Å². The molecule has 1 amide bonds. The number of hydrogen-bond acceptors (Lipinski definition) is 2. The SMILES string of the molecule is CCC(C(=O)O)C(=O)NCC(C)(C)c1cc[nH]c1. The molecular formula is C13H20N2O3. The highest BCUT2D eigenvalue weighted by Crippen LogP contribution is 2.21. The molecule has 1 aromatic heterocycles. The zero-order valence-corrected chi connectivity index (χ0v) is 11.0. The third-order valence-electron chi connectivity index (χ3n) is 3.11. The number of carboxylic acid groups (broad SMARTS) is 1. The molecule has 0 aromatic carbocycles. The molecule has 0 saturated carbocycles. The Balaban J connectivity index is 2.60. The number of aliphatic carboxylic acids is 1. The molecule has 3 N–H and O–H groups in total. The Morgan fingerprint density at radius 2 is 2.17 bits per heavy atom. The number of nitrogens with one attached hydrogen (secondary N) is 2. The molecule has 1 aromatic rings. The van der Waals surface area contributed by atoms with E-state index in [2.05, 4.69) is 10.3 Å². The predicted octanol–water partition coefficient (Wildman–Crippen LogP) is 1.52. The molecule has 0 radical (unpaired) electrons. The molecule has 1 unspecified atom stereocenters. The van der Waals surface area contributed by atoms with E-state index < -0.39 is 17.8 Å². The molecular weight excluding hydrogens is 232 g/mol. The Hall–Kier alpha value is -1.78. The molecule has 0 aliphatic rings. The lowest BCUT2D eigenvalue weighted by molar-refractivity contribution is -0.147. The Morgan fingerprint density at radius 3 is 2.61 bits per heavy atom. The standard InChI is InChI=1S/C13H20N2O3/c1-4-10(12(17)18)11(16)15-8-13(2,3)9-5-6-14-7-9/h5-7,10,14H,4,8H2,1-3H3,(H,15,16)(H,17,18). The number of hydrogen-bond donors (Lipinski definition) is 3. The molecule has 1 atom stereocenters. The van der Waals surface area contributed by atoms with Gasteiger partial charge in [-0.2, -0.15) is 0 Å². The van der Waals surface area contributed by atoms with Crippen LogP contribution in [0.25, 0.3) is 0 Å². The van der Waals surface area contributed by atoms with Crippen LogP contribution in [-0.2, 0) is 15.0 Å². The number of aromatic nitrogens is 1. The lowest BCUT2D eigenvalue weighted by atomic mass is 9.86. The number of rotatable bonds is 6. The molecule has 0 bridgehead atoms. The molecule has 0 aliphatic carbocycles. The van der Waals surface area contributed by atoms with E-state index in [0.29, 0.717) is 13.0 Å². The first kappa shape index (κ1) is 14.3. The summed E-state index contributed by atoms with van der Waals surface area (Å²) in [6, 6.07) is 1.95. The summed E-state index contributed by atoms with van der Waals surface area (Å²) in [6.07, 6.45) is 4.00. The fourth-order valence-electron chi connectivity index (χ4n) is 1.75. The molecule has 0 fully saturated rings. The van der Waals surface area contributed by atoms with Crippen molar-refractivity contribution in [1.29, 1.82) is 0 Å². The second-order valence-corrected chi connectivity index (χ2v) is 5.00. The van der Waals surface area contributed by atoms with Crippen LogP contribution in [0.5, 0.6) is 0 Å². The van der Waals surface area contributed by atoms with Crippen LogP contribution in [0.4, 0.5) is 0 Å². The lowest BCUT2D eigenvalue weighted by Gasteiger charge is -2.24. The summed E-state index contributed by atoms with van der Waals surface area (Å²) < 4.78 is 0. The molecule has 5 nitrogen and oxygen atoms in total. The van der Waals surface area contributed by atoms with Crippen molar-refractivity contribution in [3.63, 3.8) is 0 Å². The van der Waals surface area contributed by atoms with E-state index >= 15 is 0 Å². The van der Waals surface area contributed by atoms with E-state index in [9.17, 15) is 9.59 Å². The van der Waals surface area contributed by atoms with Gasteiger partial charge in [-0.15, -0.1) is 0 Å². The minimum atomic E-state index is -1.07. The van der Waals surface area contributed by atoms with Crippen molar-refractivity contribution >= 4 is 11.9 Å². The zero-order valence-electron chi connectivity index (χ0n) is 11.0. The van der Waals surface area contributed by atoms with Gasteiger partial charge in [-0.3, -0.25) is 9.59 Å². The lowest BCUT2D eigenvalue weighted by Crippen LogP contribution is -2.41. The van der Waals surface area contributed by atoms with Crippen molar-refractivity contribution in [3.05, 3.63) is 24.0 Å². The average Bonchev–Trinajstić information content (AvgIpc) is 2.81. The van der Waals surface area contributed by atoms with Crippen LogP contribution in [0.2, 0.25) is 0 Å². The van der Waals surface area contributed by atoms with E-state index in [1.165, 1.54) is 0 Å². The molecule has 0 saturated heterocycles. The number of aromatic amines is 1. The Labute approximate surface area is 107 Å². The van der Waals surface area contributed by atoms with Gasteiger partial charge in [-0.1, -0.05) is 20.8 Å². The van der Waals surface area contributed by atoms with E-state index in [-0.39, 0.29) is 5.41 Å². The molecule has 100 valence electrons. The highest BCUT2D eigenvalue weighted by molar-refractivity contribution is 5.96. The van der Waals surface area contributed by atoms with Crippen molar-refractivity contribution in [2.75, 3.05) is 6.54 Å². The van der Waals surface area contributed by atoms with Crippen molar-refractivity contribution in [2.24, 2.45) is 5.92 Å². The van der Waals surface area contributed by atoms with Crippen LogP contribution in [-0.4, -0.2) is 28.5 Å². The highest BCUT2D eigenvalue weighted by atomic mass is 16.4. The number of H-pyrrole nitrogens is 1. The number of carbonyl (C=O) groups excluding carboxylic acids is 1. The largest absolute Gasteiger partial charge is 0.481 e. The molecule has 0 aliphatic heterocycles. The van der Waals surface area contributed by atoms with Gasteiger partial charge in [0, 0.05) is 24.4 Å². The maximum absolute atomic E-state index is 11.7. The molecule has 18 heavy (non-hydrogen) atoms. The second kappa shape index (κ2) is 5.71. The van der Waals surface area contributed by atoms with Crippen LogP contribution in [0.15, 0.2) is 18.5 Å². The van der Waals surface area contributed by atoms with Crippen molar-refractivity contribution < 1.29 is 14.7 Å². The summed E-state index contributed by atoms with van der Waals surface area (Å²) in [7, 11) is 0. The monoisotopic (exact) mass is 252 g/mol. The number of carbonyl (C=O) groups is 2. The number of amides is 1. The van der Waals surface area contributed by atoms with E-state index in [1.807, 2.05) is 32.3 Å². The summed E-state index contributed by atoms with van der Waals surface area (Å²) >= 11 is 0. The van der Waals surface area contributed by atoms with Crippen LogP contribution in [0.1, 0.15) is 32.8 Å². The Bertz CT molecular complexity index is 410. The fourth-order valence-corrected chi connectivity index (χ4v) is 1.75. The minimum absolute atomic E-state index is 0.230. The van der Waals surface area contributed by atoms with Gasteiger partial charge in [-0.25, -0.2) is 0 Å². The third-order valence-corrected chi connectivity index (χ3v) is 3.11. The van der Waals surface area contributed by atoms with Crippen LogP contribution < -0.4 is 5.32 Å². The summed E-state index contributed by atoms with van der Waals surface area (Å²) in [6.45, 7) is 6.10. The first-order chi connectivity index (χ1) is 8.38. The summed E-state index contributed by atoms with van der Waals surface area (Å²) in [4.78, 5) is 25.6. The minimum Gasteiger partial charge on any atom is -0.481 e. The van der Waals surface area contributed by atoms with Gasteiger partial charge in [0.25, 0.3) is 0 Å². The second-order valence-electron chi connectivity index (χ2n) is 5.00. The first-order valence-electron chi connectivity index (χ1n) is 6.02. The molecule has 0 spiro atoms. The van der Waals surface area contributed by atoms with Gasteiger partial charge in [0.2, 0.25) is 5.91 Å². The van der Waals surface area contributed by atoms with Gasteiger partial charge < -0.3 is 15.4 Å². The van der Waals surface area contributed by atoms with Gasteiger partial charge >= 0.3 is 5.97 Å². The maximum Gasteiger partial charge on any atom is 0.316 e. The number of carboxylic acids is 1. The van der Waals surface area contributed by atoms with Gasteiger partial charge in [0.1, 0.15) is 5.92 Å². The van der Waals surface area contributed by atoms with Gasteiger partial charge in [0.05, 0.1) is 0 Å². The highest BCUT2D eigenvalue weighted by Gasteiger charge is 2.27. The van der Waals surface area contributed by atoms with Crippen molar-refractivity contribution in [1.82, 2.24) is 10.3 Å². The quantitative estimate of drug-likeness (QED) is 0.671. The Morgan fingerprint density at radius 1 is 1.50 bits per heavy atom. The predicted molar refractivity (Wildman–Crippen MR) is 68.2 cm³/mol. The van der Waals surface area contributed by atoms with Gasteiger partial charge in [-0.05, 0) is 18.1 Å². The molecule has 1 rings (SSSR count). The van der Waals surface area contributed by atoms with Crippen LogP contribution >= 0.6 is 0 Å². The summed E-state index contributed by atoms with van der Waals surface area (Å²) in [5.74, 6) is -2.46. The third kappa shape index (κ3) is 3.35. The van der Waals surface area contributed by atoms with E-state index in [0.717, 1.165) is 5.56 Å². The van der Waals surface area contributed by atoms with Crippen LogP contribution in [0, 0.1) is 5.92 Å². The summed E-state index contributed by atoms with van der Waals surface area (Å²) in [5, 5.41) is 11.6. The summed E-state index contributed by atoms with van der Waals surface area (Å²) in [5.41, 5.74) is 0.845. The average molecular weight is 252 g/mol. The molecule has 5 heteroatoms. The van der Waals surface area contributed by atoms with E-state index in [4.69, 9.17) is 5.11 Å². The van der Waals surface area contributed by atoms with Crippen molar-refractivity contribution in [2.45, 2.75) is 32.6 Å². The normalized spacial score (nSPS) is 13.1. The topological polar surface area (TPSA) is 82.2 Å². The fraction of sp³-hybridized carbons (Fsp3) is 0.538. The maximum atomic E-state index is 11.7. The Kier molecular flexibility index (Phi) is 4.53.